The number of benzene rings is 2. The summed E-state index contributed by atoms with van der Waals surface area (Å²) in [5, 5.41) is 16.4. The largest absolute Gasteiger partial charge is 0.493 e. The summed E-state index contributed by atoms with van der Waals surface area (Å²) in [6.45, 7) is 6.76. The van der Waals surface area contributed by atoms with Gasteiger partial charge in [-0.25, -0.2) is 0 Å². The number of hydrazone groups is 1. The molecule has 2 aliphatic heterocycles. The van der Waals surface area contributed by atoms with Crippen molar-refractivity contribution in [2.75, 3.05) is 20.3 Å². The number of nitrogens with one attached hydrogen (secondary N) is 1. The zero-order valence-corrected chi connectivity index (χ0v) is 22.1. The summed E-state index contributed by atoms with van der Waals surface area (Å²) in [4.78, 5) is 16.8. The van der Waals surface area contributed by atoms with Crippen LogP contribution in [0.3, 0.4) is 0 Å². The van der Waals surface area contributed by atoms with Crippen LogP contribution in [-0.4, -0.2) is 47.3 Å². The predicted octanol–water partition coefficient (Wildman–Crippen LogP) is 5.78. The number of fused-ring (bicyclic) bond motifs is 1. The molecule has 2 aromatic rings. The number of amidine groups is 2. The molecular weight excluding hydrogens is 500 g/mol. The van der Waals surface area contributed by atoms with Crippen LogP contribution in [0.25, 0.3) is 6.08 Å². The van der Waals surface area contributed by atoms with Gasteiger partial charge in [0.1, 0.15) is 24.0 Å². The summed E-state index contributed by atoms with van der Waals surface area (Å²) in [5.74, 6) is 1.72. The number of aliphatic imine (C=N–C) groups is 1. The molecule has 1 N–H and O–H groups in total. The van der Waals surface area contributed by atoms with Gasteiger partial charge in [0.2, 0.25) is 5.17 Å². The van der Waals surface area contributed by atoms with Crippen molar-refractivity contribution in [3.05, 3.63) is 58.1 Å². The van der Waals surface area contributed by atoms with Crippen LogP contribution < -0.4 is 14.2 Å². The van der Waals surface area contributed by atoms with E-state index in [1.54, 1.807) is 37.5 Å². The minimum atomic E-state index is -0.464. The molecule has 0 spiro atoms. The van der Waals surface area contributed by atoms with Crippen molar-refractivity contribution < 1.29 is 19.0 Å². The highest BCUT2D eigenvalue weighted by molar-refractivity contribution is 8.26. The van der Waals surface area contributed by atoms with Crippen LogP contribution in [-0.2, 0) is 4.79 Å². The first kappa shape index (κ1) is 25.8. The molecule has 0 radical (unpaired) electrons. The summed E-state index contributed by atoms with van der Waals surface area (Å²) in [7, 11) is 1.54. The molecule has 10 heteroatoms. The molecule has 36 heavy (non-hydrogen) atoms. The van der Waals surface area contributed by atoms with E-state index in [2.05, 4.69) is 23.9 Å². The molecule has 1 amide bonds. The van der Waals surface area contributed by atoms with Crippen LogP contribution in [0.2, 0.25) is 5.02 Å². The zero-order chi connectivity index (χ0) is 25.8. The second-order valence-electron chi connectivity index (χ2n) is 8.63. The Morgan fingerprint density at radius 3 is 2.64 bits per heavy atom. The lowest BCUT2D eigenvalue weighted by Gasteiger charge is -2.20. The van der Waals surface area contributed by atoms with Crippen molar-refractivity contribution in [3.8, 4) is 17.2 Å². The van der Waals surface area contributed by atoms with Crippen molar-refractivity contribution >= 4 is 51.4 Å². The molecule has 188 valence electrons. The fourth-order valence-electron chi connectivity index (χ4n) is 3.54. The molecule has 0 saturated heterocycles. The number of hydrogen-bond donors (Lipinski definition) is 1. The number of methoxy groups -OCH3 is 1. The van der Waals surface area contributed by atoms with Crippen LogP contribution in [0, 0.1) is 18.3 Å². The Hall–Kier alpha value is -3.30. The third kappa shape index (κ3) is 5.91. The van der Waals surface area contributed by atoms with E-state index in [4.69, 9.17) is 31.2 Å². The third-order valence-electron chi connectivity index (χ3n) is 5.32. The van der Waals surface area contributed by atoms with Gasteiger partial charge in [-0.1, -0.05) is 31.5 Å². The monoisotopic (exact) mass is 526 g/mol. The van der Waals surface area contributed by atoms with Gasteiger partial charge in [-0.2, -0.15) is 15.1 Å². The second kappa shape index (κ2) is 11.2. The predicted molar refractivity (Wildman–Crippen MR) is 145 cm³/mol. The van der Waals surface area contributed by atoms with Gasteiger partial charge in [0.25, 0.3) is 5.91 Å². The Balaban J connectivity index is 1.43. The van der Waals surface area contributed by atoms with Crippen molar-refractivity contribution in [1.29, 1.82) is 5.41 Å². The van der Waals surface area contributed by atoms with Crippen molar-refractivity contribution in [1.82, 2.24) is 5.01 Å². The van der Waals surface area contributed by atoms with Crippen molar-refractivity contribution in [2.24, 2.45) is 16.0 Å². The number of halogens is 1. The van der Waals surface area contributed by atoms with Gasteiger partial charge >= 0.3 is 0 Å². The molecule has 2 heterocycles. The van der Waals surface area contributed by atoms with E-state index in [1.165, 1.54) is 16.8 Å². The van der Waals surface area contributed by atoms with Crippen molar-refractivity contribution in [2.45, 2.75) is 27.2 Å². The van der Waals surface area contributed by atoms with E-state index in [1.807, 2.05) is 19.1 Å². The van der Waals surface area contributed by atoms with E-state index >= 15 is 0 Å². The highest BCUT2D eigenvalue weighted by Gasteiger charge is 2.35. The van der Waals surface area contributed by atoms with Gasteiger partial charge in [0.15, 0.2) is 17.3 Å². The average molecular weight is 527 g/mol. The standard InChI is InChI=1S/C26H27ClN4O4S/c1-15(2)11-23-30-31-24(28)19(25(32)29-26(31)36-23)13-17-5-8-21(22(14-17)33-4)35-10-9-34-18-6-7-20(27)16(3)12-18/h5-8,12-15,28H,9-11H2,1-4H3/b19-13-,28-24?. The summed E-state index contributed by atoms with van der Waals surface area (Å²) < 4.78 is 17.0. The quantitative estimate of drug-likeness (QED) is 0.328. The van der Waals surface area contributed by atoms with Gasteiger partial charge in [-0.3, -0.25) is 10.2 Å². The van der Waals surface area contributed by atoms with Crippen molar-refractivity contribution in [3.63, 3.8) is 0 Å². The third-order valence-corrected chi connectivity index (χ3v) is 6.67. The van der Waals surface area contributed by atoms with Gasteiger partial charge in [0, 0.05) is 11.4 Å². The molecule has 0 bridgehead atoms. The molecule has 2 aliphatic rings. The minimum absolute atomic E-state index is 0.00475. The molecular formula is C26H27ClN4O4S. The first-order valence-electron chi connectivity index (χ1n) is 11.4. The second-order valence-corrected chi connectivity index (χ2v) is 10.1. The lowest BCUT2D eigenvalue weighted by Crippen LogP contribution is -2.35. The van der Waals surface area contributed by atoms with Gasteiger partial charge in [-0.05, 0) is 72.1 Å². The van der Waals surface area contributed by atoms with Gasteiger partial charge in [0.05, 0.1) is 12.7 Å². The minimum Gasteiger partial charge on any atom is -0.493 e. The number of amides is 1. The molecule has 0 saturated carbocycles. The van der Waals surface area contributed by atoms with Crippen LogP contribution in [0.5, 0.6) is 17.2 Å². The fourth-order valence-corrected chi connectivity index (χ4v) is 4.76. The number of ether oxygens (including phenoxy) is 3. The first-order valence-corrected chi connectivity index (χ1v) is 12.6. The topological polar surface area (TPSA) is 96.6 Å². The molecule has 8 nitrogen and oxygen atoms in total. The lowest BCUT2D eigenvalue weighted by atomic mass is 10.1. The van der Waals surface area contributed by atoms with E-state index < -0.39 is 5.91 Å². The molecule has 0 fully saturated rings. The van der Waals surface area contributed by atoms with Crippen LogP contribution >= 0.6 is 23.4 Å². The number of nitrogens with zero attached hydrogens (tertiary/aromatic N) is 3. The number of rotatable bonds is 9. The number of carbonyl (C=O) groups is 1. The Morgan fingerprint density at radius 2 is 1.92 bits per heavy atom. The van der Waals surface area contributed by atoms with Gasteiger partial charge in [-0.15, -0.1) is 0 Å². The Kier molecular flexibility index (Phi) is 8.01. The molecule has 4 rings (SSSR count). The summed E-state index contributed by atoms with van der Waals surface area (Å²) in [5.41, 5.74) is 1.78. The number of thioether (sulfide) groups is 1. The number of hydrogen-bond acceptors (Lipinski definition) is 7. The Bertz CT molecular complexity index is 1290. The van der Waals surface area contributed by atoms with E-state index in [-0.39, 0.29) is 11.4 Å². The maximum atomic E-state index is 12.7. The van der Waals surface area contributed by atoms with Crippen LogP contribution in [0.1, 0.15) is 31.4 Å². The fraction of sp³-hybridized carbons (Fsp3) is 0.308. The smallest absolute Gasteiger partial charge is 0.283 e. The summed E-state index contributed by atoms with van der Waals surface area (Å²) in [6, 6.07) is 10.8. The summed E-state index contributed by atoms with van der Waals surface area (Å²) >= 11 is 7.39. The molecule has 0 atom stereocenters. The molecule has 0 aromatic heterocycles. The van der Waals surface area contributed by atoms with Gasteiger partial charge < -0.3 is 14.2 Å². The maximum absolute atomic E-state index is 12.7. The van der Waals surface area contributed by atoms with E-state index in [0.717, 1.165) is 22.8 Å². The van der Waals surface area contributed by atoms with E-state index in [0.29, 0.717) is 46.4 Å². The normalized spacial score (nSPS) is 16.3. The Morgan fingerprint density at radius 1 is 1.14 bits per heavy atom. The highest BCUT2D eigenvalue weighted by Crippen LogP contribution is 2.32. The number of aryl methyl sites for hydroxylation is 1. The zero-order valence-electron chi connectivity index (χ0n) is 20.5. The molecule has 0 aliphatic carbocycles. The lowest BCUT2D eigenvalue weighted by molar-refractivity contribution is -0.114. The highest BCUT2D eigenvalue weighted by atomic mass is 35.5. The molecule has 0 unspecified atom stereocenters. The van der Waals surface area contributed by atoms with E-state index in [9.17, 15) is 4.79 Å². The maximum Gasteiger partial charge on any atom is 0.283 e. The SMILES string of the molecule is COc1cc(/C=C2/C(=N)N3N=C(CC(C)C)SC3=NC2=O)ccc1OCCOc1ccc(Cl)c(C)c1. The van der Waals surface area contributed by atoms with Crippen LogP contribution in [0.15, 0.2) is 52.1 Å². The summed E-state index contributed by atoms with van der Waals surface area (Å²) in [6.07, 6.45) is 2.38. The Labute approximate surface area is 219 Å². The molecule has 2 aromatic carbocycles. The average Bonchev–Trinajstić information content (AvgIpc) is 3.23. The first-order chi connectivity index (χ1) is 17.2. The number of carbonyl (C=O) groups excluding carboxylic acids is 1. The van der Waals surface area contributed by atoms with Crippen LogP contribution in [0.4, 0.5) is 0 Å².